The molecule has 1 aliphatic rings. The number of aromatic nitrogens is 2. The minimum Gasteiger partial charge on any atom is -0.346 e. The van der Waals surface area contributed by atoms with E-state index in [0.29, 0.717) is 6.04 Å². The van der Waals surface area contributed by atoms with Gasteiger partial charge in [0.15, 0.2) is 0 Å². The fraction of sp³-hybridized carbons (Fsp3) is 0.412. The first kappa shape index (κ1) is 13.9. The van der Waals surface area contributed by atoms with E-state index >= 15 is 0 Å². The predicted molar refractivity (Wildman–Crippen MR) is 82.3 cm³/mol. The van der Waals surface area contributed by atoms with E-state index in [1.807, 2.05) is 4.90 Å². The van der Waals surface area contributed by atoms with E-state index in [-0.39, 0.29) is 5.91 Å². The van der Waals surface area contributed by atoms with Crippen molar-refractivity contribution in [3.63, 3.8) is 0 Å². The maximum Gasteiger partial charge on any atom is 0.253 e. The van der Waals surface area contributed by atoms with Gasteiger partial charge in [-0.05, 0) is 51.0 Å². The molecule has 0 unspecified atom stereocenters. The lowest BCUT2D eigenvalue weighted by Gasteiger charge is -2.34. The number of hydrogen-bond acceptors (Lipinski definition) is 2. The minimum absolute atomic E-state index is 0.122. The van der Waals surface area contributed by atoms with Gasteiger partial charge in [-0.1, -0.05) is 0 Å². The molecular weight excluding hydrogens is 262 g/mol. The smallest absolute Gasteiger partial charge is 0.253 e. The third-order valence-electron chi connectivity index (χ3n) is 4.37. The number of likely N-dealkylation sites (tertiary alicyclic amines) is 1. The number of carbonyl (C=O) groups is 1. The van der Waals surface area contributed by atoms with Crippen LogP contribution in [0, 0.1) is 13.8 Å². The topological polar surface area (TPSA) is 38.1 Å². The van der Waals surface area contributed by atoms with E-state index in [1.165, 1.54) is 11.4 Å². The van der Waals surface area contributed by atoms with Gasteiger partial charge in [-0.2, -0.15) is 0 Å². The zero-order valence-corrected chi connectivity index (χ0v) is 12.6. The Bertz CT molecular complexity index is 605. The second-order valence-electron chi connectivity index (χ2n) is 5.75. The first-order chi connectivity index (χ1) is 10.2. The summed E-state index contributed by atoms with van der Waals surface area (Å²) in [5.41, 5.74) is 3.36. The van der Waals surface area contributed by atoms with Crippen molar-refractivity contribution < 1.29 is 4.79 Å². The van der Waals surface area contributed by atoms with Crippen LogP contribution >= 0.6 is 0 Å². The van der Waals surface area contributed by atoms with Gasteiger partial charge in [-0.15, -0.1) is 0 Å². The number of carbonyl (C=O) groups excluding carboxylic acids is 1. The Morgan fingerprint density at radius 1 is 1.05 bits per heavy atom. The van der Waals surface area contributed by atoms with E-state index in [1.54, 1.807) is 24.5 Å². The van der Waals surface area contributed by atoms with Gasteiger partial charge >= 0.3 is 0 Å². The molecule has 2 aromatic heterocycles. The van der Waals surface area contributed by atoms with Crippen LogP contribution < -0.4 is 0 Å². The SMILES string of the molecule is Cc1ccc(C)n1C1CCN(C(=O)c2ccncc2)CC1. The number of pyridine rings is 1. The molecule has 3 rings (SSSR count). The van der Waals surface area contributed by atoms with Crippen LogP contribution in [0.15, 0.2) is 36.7 Å². The Labute approximate surface area is 125 Å². The van der Waals surface area contributed by atoms with E-state index in [0.717, 1.165) is 31.5 Å². The van der Waals surface area contributed by atoms with Crippen LogP contribution in [0.2, 0.25) is 0 Å². The molecule has 1 saturated heterocycles. The Hall–Kier alpha value is -2.10. The molecule has 3 heterocycles. The van der Waals surface area contributed by atoms with Crippen molar-refractivity contribution in [3.8, 4) is 0 Å². The highest BCUT2D eigenvalue weighted by atomic mass is 16.2. The van der Waals surface area contributed by atoms with Crippen LogP contribution in [-0.2, 0) is 0 Å². The van der Waals surface area contributed by atoms with Crippen LogP contribution in [0.4, 0.5) is 0 Å². The van der Waals surface area contributed by atoms with Gasteiger partial charge in [-0.3, -0.25) is 9.78 Å². The van der Waals surface area contributed by atoms with E-state index in [2.05, 4.69) is 35.5 Å². The highest BCUT2D eigenvalue weighted by Crippen LogP contribution is 2.27. The zero-order chi connectivity index (χ0) is 14.8. The second-order valence-corrected chi connectivity index (χ2v) is 5.75. The summed E-state index contributed by atoms with van der Waals surface area (Å²) in [5.74, 6) is 0.122. The number of piperidine rings is 1. The second kappa shape index (κ2) is 5.72. The van der Waals surface area contributed by atoms with Crippen molar-refractivity contribution in [3.05, 3.63) is 53.6 Å². The molecule has 1 fully saturated rings. The Morgan fingerprint density at radius 2 is 1.62 bits per heavy atom. The van der Waals surface area contributed by atoms with Crippen LogP contribution in [0.3, 0.4) is 0 Å². The number of hydrogen-bond donors (Lipinski definition) is 0. The zero-order valence-electron chi connectivity index (χ0n) is 12.6. The Balaban J connectivity index is 1.67. The van der Waals surface area contributed by atoms with Gasteiger partial charge in [0.2, 0.25) is 0 Å². The molecular formula is C17H21N3O. The Kier molecular flexibility index (Phi) is 3.78. The lowest BCUT2D eigenvalue weighted by molar-refractivity contribution is 0.0693. The molecule has 21 heavy (non-hydrogen) atoms. The third kappa shape index (κ3) is 2.71. The monoisotopic (exact) mass is 283 g/mol. The number of aryl methyl sites for hydroxylation is 2. The van der Waals surface area contributed by atoms with Crippen LogP contribution in [-0.4, -0.2) is 33.4 Å². The van der Waals surface area contributed by atoms with Crippen molar-refractivity contribution in [2.24, 2.45) is 0 Å². The maximum absolute atomic E-state index is 12.4. The lowest BCUT2D eigenvalue weighted by Crippen LogP contribution is -2.39. The van der Waals surface area contributed by atoms with Gasteiger partial charge in [0.1, 0.15) is 0 Å². The molecule has 1 amide bonds. The molecule has 1 aliphatic heterocycles. The Morgan fingerprint density at radius 3 is 2.19 bits per heavy atom. The third-order valence-corrected chi connectivity index (χ3v) is 4.37. The summed E-state index contributed by atoms with van der Waals surface area (Å²) in [6.45, 7) is 5.95. The average Bonchev–Trinajstić information content (AvgIpc) is 2.87. The van der Waals surface area contributed by atoms with Crippen molar-refractivity contribution >= 4 is 5.91 Å². The standard InChI is InChI=1S/C17H21N3O/c1-13-3-4-14(2)20(13)16-7-11-19(12-8-16)17(21)15-5-9-18-10-6-15/h3-6,9-10,16H,7-8,11-12H2,1-2H3. The quantitative estimate of drug-likeness (QED) is 0.850. The summed E-state index contributed by atoms with van der Waals surface area (Å²) in [5, 5.41) is 0. The fourth-order valence-corrected chi connectivity index (χ4v) is 3.26. The predicted octanol–water partition coefficient (Wildman–Crippen LogP) is 2.98. The molecule has 110 valence electrons. The highest BCUT2D eigenvalue weighted by molar-refractivity contribution is 5.94. The molecule has 0 radical (unpaired) electrons. The fourth-order valence-electron chi connectivity index (χ4n) is 3.26. The van der Waals surface area contributed by atoms with E-state index in [9.17, 15) is 4.79 Å². The number of amides is 1. The van der Waals surface area contributed by atoms with Crippen molar-refractivity contribution in [2.75, 3.05) is 13.1 Å². The summed E-state index contributed by atoms with van der Waals surface area (Å²) < 4.78 is 2.41. The summed E-state index contributed by atoms with van der Waals surface area (Å²) in [6.07, 6.45) is 5.39. The summed E-state index contributed by atoms with van der Waals surface area (Å²) in [7, 11) is 0. The van der Waals surface area contributed by atoms with Gasteiger partial charge < -0.3 is 9.47 Å². The molecule has 0 aromatic carbocycles. The summed E-state index contributed by atoms with van der Waals surface area (Å²) in [6, 6.07) is 8.43. The number of nitrogens with zero attached hydrogens (tertiary/aromatic N) is 3. The molecule has 0 atom stereocenters. The molecule has 4 heteroatoms. The largest absolute Gasteiger partial charge is 0.346 e. The first-order valence-corrected chi connectivity index (χ1v) is 7.50. The highest BCUT2D eigenvalue weighted by Gasteiger charge is 2.25. The van der Waals surface area contributed by atoms with Gasteiger partial charge in [-0.25, -0.2) is 0 Å². The van der Waals surface area contributed by atoms with Gasteiger partial charge in [0.05, 0.1) is 0 Å². The minimum atomic E-state index is 0.122. The molecule has 0 spiro atoms. The normalized spacial score (nSPS) is 16.2. The molecule has 2 aromatic rings. The van der Waals surface area contributed by atoms with Crippen LogP contribution in [0.25, 0.3) is 0 Å². The first-order valence-electron chi connectivity index (χ1n) is 7.50. The maximum atomic E-state index is 12.4. The number of rotatable bonds is 2. The van der Waals surface area contributed by atoms with Crippen LogP contribution in [0.1, 0.15) is 40.6 Å². The van der Waals surface area contributed by atoms with Crippen molar-refractivity contribution in [1.82, 2.24) is 14.5 Å². The molecule has 0 N–H and O–H groups in total. The van der Waals surface area contributed by atoms with Gasteiger partial charge in [0.25, 0.3) is 5.91 Å². The average molecular weight is 283 g/mol. The van der Waals surface area contributed by atoms with Gasteiger partial charge in [0, 0.05) is 48.5 Å². The molecule has 0 aliphatic carbocycles. The lowest BCUT2D eigenvalue weighted by atomic mass is 10.0. The molecule has 0 bridgehead atoms. The van der Waals surface area contributed by atoms with Crippen LogP contribution in [0.5, 0.6) is 0 Å². The molecule has 0 saturated carbocycles. The van der Waals surface area contributed by atoms with E-state index in [4.69, 9.17) is 0 Å². The van der Waals surface area contributed by atoms with E-state index < -0.39 is 0 Å². The van der Waals surface area contributed by atoms with Crippen molar-refractivity contribution in [2.45, 2.75) is 32.7 Å². The molecule has 4 nitrogen and oxygen atoms in total. The van der Waals surface area contributed by atoms with Crippen molar-refractivity contribution in [1.29, 1.82) is 0 Å². The summed E-state index contributed by atoms with van der Waals surface area (Å²) >= 11 is 0. The summed E-state index contributed by atoms with van der Waals surface area (Å²) in [4.78, 5) is 18.3.